The summed E-state index contributed by atoms with van der Waals surface area (Å²) in [5.41, 5.74) is 4.93. The van der Waals surface area contributed by atoms with Gasteiger partial charge >= 0.3 is 0 Å². The van der Waals surface area contributed by atoms with Gasteiger partial charge in [0.25, 0.3) is 0 Å². The van der Waals surface area contributed by atoms with Gasteiger partial charge in [-0.25, -0.2) is 4.98 Å². The van der Waals surface area contributed by atoms with E-state index in [1.165, 1.54) is 5.69 Å². The van der Waals surface area contributed by atoms with Crippen LogP contribution in [0, 0.1) is 0 Å². The van der Waals surface area contributed by atoms with Gasteiger partial charge in [-0.15, -0.1) is 0 Å². The molecule has 0 radical (unpaired) electrons. The van der Waals surface area contributed by atoms with Gasteiger partial charge in [-0.05, 0) is 55.8 Å². The van der Waals surface area contributed by atoms with E-state index in [2.05, 4.69) is 69.2 Å². The summed E-state index contributed by atoms with van der Waals surface area (Å²) >= 11 is 6.36. The summed E-state index contributed by atoms with van der Waals surface area (Å²) in [5.74, 6) is 0.199. The lowest BCUT2D eigenvalue weighted by Crippen LogP contribution is -2.68. The number of nitrogens with zero attached hydrogens (tertiary/aromatic N) is 4. The first kappa shape index (κ1) is 25.0. The molecule has 6 rings (SSSR count). The SMILES string of the molecule is CCC(=O)N1CCN(c2c(-c3ccccc3)cnc3[nH]ccc23)C[C@@]1(c1ccc(Cl)cc1)[C@@H]1CCCN1C. The van der Waals surface area contributed by atoms with Crippen molar-refractivity contribution in [1.82, 2.24) is 19.8 Å². The molecule has 2 aromatic heterocycles. The van der Waals surface area contributed by atoms with Gasteiger partial charge in [0.05, 0.1) is 5.69 Å². The highest BCUT2D eigenvalue weighted by atomic mass is 35.5. The number of hydrogen-bond acceptors (Lipinski definition) is 4. The van der Waals surface area contributed by atoms with Crippen LogP contribution in [-0.4, -0.2) is 64.9 Å². The molecule has 0 spiro atoms. The normalized spacial score (nSPS) is 22.3. The van der Waals surface area contributed by atoms with Crippen LogP contribution in [0.5, 0.6) is 0 Å². The maximum Gasteiger partial charge on any atom is 0.223 e. The first-order valence-electron chi connectivity index (χ1n) is 13.6. The third-order valence-electron chi connectivity index (χ3n) is 8.49. The lowest BCUT2D eigenvalue weighted by molar-refractivity contribution is -0.142. The molecule has 4 aromatic rings. The molecule has 2 fully saturated rings. The van der Waals surface area contributed by atoms with E-state index in [4.69, 9.17) is 16.6 Å². The fourth-order valence-corrected chi connectivity index (χ4v) is 6.87. The Morgan fingerprint density at radius 1 is 1.08 bits per heavy atom. The van der Waals surface area contributed by atoms with Gasteiger partial charge in [-0.1, -0.05) is 61.0 Å². The Hall–Kier alpha value is -3.35. The van der Waals surface area contributed by atoms with Gasteiger partial charge in [0.2, 0.25) is 5.91 Å². The monoisotopic (exact) mass is 527 g/mol. The Morgan fingerprint density at radius 3 is 2.58 bits per heavy atom. The quantitative estimate of drug-likeness (QED) is 0.349. The second kappa shape index (κ2) is 10.1. The summed E-state index contributed by atoms with van der Waals surface area (Å²) in [6.45, 7) is 5.10. The molecule has 0 saturated carbocycles. The van der Waals surface area contributed by atoms with Crippen molar-refractivity contribution in [2.45, 2.75) is 37.8 Å². The van der Waals surface area contributed by atoms with Crippen LogP contribution in [0.2, 0.25) is 5.02 Å². The highest BCUT2D eigenvalue weighted by molar-refractivity contribution is 6.30. The molecule has 38 heavy (non-hydrogen) atoms. The van der Waals surface area contributed by atoms with Crippen LogP contribution in [0.25, 0.3) is 22.2 Å². The standard InChI is InChI=1S/C31H34ClN5O/c1-3-28(38)37-19-18-36(21-31(37,27-10-7-17-35(27)2)23-11-13-24(32)14-12-23)29-25-15-16-33-30(25)34-20-26(29)22-8-5-4-6-9-22/h4-6,8-9,11-16,20,27H,3,7,10,17-19,21H2,1-2H3,(H,33,34)/t27-,31+/m0/s1. The van der Waals surface area contributed by atoms with Gasteiger partial charge in [0, 0.05) is 60.5 Å². The lowest BCUT2D eigenvalue weighted by atomic mass is 9.77. The van der Waals surface area contributed by atoms with Gasteiger partial charge in [-0.2, -0.15) is 0 Å². The van der Waals surface area contributed by atoms with Gasteiger partial charge in [0.15, 0.2) is 0 Å². The molecule has 2 aliphatic rings. The topological polar surface area (TPSA) is 55.5 Å². The van der Waals surface area contributed by atoms with Crippen LogP contribution in [0.4, 0.5) is 5.69 Å². The predicted molar refractivity (Wildman–Crippen MR) is 155 cm³/mol. The minimum Gasteiger partial charge on any atom is -0.366 e. The zero-order valence-corrected chi connectivity index (χ0v) is 22.8. The number of aromatic amines is 1. The van der Waals surface area contributed by atoms with E-state index in [0.29, 0.717) is 24.5 Å². The van der Waals surface area contributed by atoms with Crippen LogP contribution in [-0.2, 0) is 10.3 Å². The number of benzene rings is 2. The zero-order valence-electron chi connectivity index (χ0n) is 22.0. The molecular weight excluding hydrogens is 494 g/mol. The van der Waals surface area contributed by atoms with E-state index in [1.807, 2.05) is 37.5 Å². The van der Waals surface area contributed by atoms with Crippen molar-refractivity contribution in [3.05, 3.63) is 83.6 Å². The van der Waals surface area contributed by atoms with Crippen molar-refractivity contribution in [3.8, 4) is 11.1 Å². The van der Waals surface area contributed by atoms with E-state index in [9.17, 15) is 4.79 Å². The molecule has 1 N–H and O–H groups in total. The molecule has 4 heterocycles. The summed E-state index contributed by atoms with van der Waals surface area (Å²) in [5, 5.41) is 1.81. The molecule has 6 nitrogen and oxygen atoms in total. The second-order valence-corrected chi connectivity index (χ2v) is 11.0. The summed E-state index contributed by atoms with van der Waals surface area (Å²) in [6.07, 6.45) is 6.60. The van der Waals surface area contributed by atoms with Crippen LogP contribution in [0.1, 0.15) is 31.7 Å². The number of nitrogens with one attached hydrogen (secondary N) is 1. The smallest absolute Gasteiger partial charge is 0.223 e. The summed E-state index contributed by atoms with van der Waals surface area (Å²) in [7, 11) is 2.20. The van der Waals surface area contributed by atoms with Gasteiger partial charge < -0.3 is 19.7 Å². The molecule has 1 amide bonds. The van der Waals surface area contributed by atoms with Crippen molar-refractivity contribution in [1.29, 1.82) is 0 Å². The number of anilines is 1. The molecular formula is C31H34ClN5O. The number of aromatic nitrogens is 2. The highest BCUT2D eigenvalue weighted by Crippen LogP contribution is 2.46. The third kappa shape index (κ3) is 4.07. The van der Waals surface area contributed by atoms with E-state index in [-0.39, 0.29) is 11.9 Å². The third-order valence-corrected chi connectivity index (χ3v) is 8.74. The minimum atomic E-state index is -0.513. The Labute approximate surface area is 229 Å². The number of carbonyl (C=O) groups excluding carboxylic acids is 1. The molecule has 196 valence electrons. The average Bonchev–Trinajstić information content (AvgIpc) is 3.61. The minimum absolute atomic E-state index is 0.199. The number of halogens is 1. The van der Waals surface area contributed by atoms with Crippen molar-refractivity contribution >= 4 is 34.2 Å². The summed E-state index contributed by atoms with van der Waals surface area (Å²) in [6, 6.07) is 21.0. The molecule has 2 atom stereocenters. The van der Waals surface area contributed by atoms with E-state index >= 15 is 0 Å². The van der Waals surface area contributed by atoms with Crippen molar-refractivity contribution in [3.63, 3.8) is 0 Å². The fraction of sp³-hybridized carbons (Fsp3) is 0.355. The number of likely N-dealkylation sites (tertiary alicyclic amines) is 1. The number of amides is 1. The Kier molecular flexibility index (Phi) is 6.62. The van der Waals surface area contributed by atoms with Crippen LogP contribution in [0.3, 0.4) is 0 Å². The number of pyridine rings is 1. The fourth-order valence-electron chi connectivity index (χ4n) is 6.74. The van der Waals surface area contributed by atoms with E-state index in [0.717, 1.165) is 53.7 Å². The summed E-state index contributed by atoms with van der Waals surface area (Å²) < 4.78 is 0. The first-order chi connectivity index (χ1) is 18.5. The Morgan fingerprint density at radius 2 is 1.87 bits per heavy atom. The second-order valence-electron chi connectivity index (χ2n) is 10.5. The van der Waals surface area contributed by atoms with E-state index < -0.39 is 5.54 Å². The van der Waals surface area contributed by atoms with Crippen LogP contribution < -0.4 is 4.90 Å². The predicted octanol–water partition coefficient (Wildman–Crippen LogP) is 5.93. The largest absolute Gasteiger partial charge is 0.366 e. The number of H-pyrrole nitrogens is 1. The maximum atomic E-state index is 13.6. The van der Waals surface area contributed by atoms with Crippen LogP contribution >= 0.6 is 11.6 Å². The maximum absolute atomic E-state index is 13.6. The average molecular weight is 528 g/mol. The molecule has 0 bridgehead atoms. The van der Waals surface area contributed by atoms with Gasteiger partial charge in [0.1, 0.15) is 11.2 Å². The molecule has 2 saturated heterocycles. The Balaban J connectivity index is 1.56. The number of piperazine rings is 1. The molecule has 0 unspecified atom stereocenters. The molecule has 2 aliphatic heterocycles. The number of fused-ring (bicyclic) bond motifs is 1. The lowest BCUT2D eigenvalue weighted by Gasteiger charge is -2.56. The highest BCUT2D eigenvalue weighted by Gasteiger charge is 2.53. The summed E-state index contributed by atoms with van der Waals surface area (Å²) in [4.78, 5) is 28.8. The van der Waals surface area contributed by atoms with Crippen molar-refractivity contribution < 1.29 is 4.79 Å². The van der Waals surface area contributed by atoms with Crippen LogP contribution in [0.15, 0.2) is 73.1 Å². The molecule has 2 aromatic carbocycles. The number of carbonyl (C=O) groups is 1. The van der Waals surface area contributed by atoms with E-state index in [1.54, 1.807) is 0 Å². The molecule has 7 heteroatoms. The first-order valence-corrected chi connectivity index (χ1v) is 13.9. The van der Waals surface area contributed by atoms with Crippen molar-refractivity contribution in [2.24, 2.45) is 0 Å². The zero-order chi connectivity index (χ0) is 26.3. The molecule has 0 aliphatic carbocycles. The van der Waals surface area contributed by atoms with Gasteiger partial charge in [-0.3, -0.25) is 4.79 Å². The van der Waals surface area contributed by atoms with Crippen molar-refractivity contribution in [2.75, 3.05) is 38.1 Å². The number of rotatable bonds is 5. The Bertz CT molecular complexity index is 1440. The number of hydrogen-bond donors (Lipinski definition) is 1. The number of likely N-dealkylation sites (N-methyl/N-ethyl adjacent to an activating group) is 1.